The van der Waals surface area contributed by atoms with Crippen molar-refractivity contribution >= 4 is 34.2 Å². The molecule has 0 N–H and O–H groups in total. The van der Waals surface area contributed by atoms with Crippen LogP contribution in [0.5, 0.6) is 0 Å². The number of rotatable bonds is 6. The average Bonchev–Trinajstić information content (AvgIpc) is 2.58. The third-order valence-electron chi connectivity index (χ3n) is 4.29. The maximum atomic E-state index is 12.7. The van der Waals surface area contributed by atoms with Crippen LogP contribution < -0.4 is 0 Å². The van der Waals surface area contributed by atoms with Gasteiger partial charge in [0.2, 0.25) is 5.91 Å². The molecule has 5 heteroatoms. The van der Waals surface area contributed by atoms with Gasteiger partial charge in [0.05, 0.1) is 0 Å². The van der Waals surface area contributed by atoms with Crippen molar-refractivity contribution in [1.29, 1.82) is 0 Å². The van der Waals surface area contributed by atoms with Crippen LogP contribution in [0.3, 0.4) is 0 Å². The first kappa shape index (κ1) is 18.3. The van der Waals surface area contributed by atoms with Gasteiger partial charge in [-0.25, -0.2) is 0 Å². The summed E-state index contributed by atoms with van der Waals surface area (Å²) < 4.78 is 0.919. The van der Waals surface area contributed by atoms with Gasteiger partial charge in [0.1, 0.15) is 4.32 Å². The predicted molar refractivity (Wildman–Crippen MR) is 103 cm³/mol. The van der Waals surface area contributed by atoms with E-state index in [1.165, 1.54) is 5.56 Å². The number of nitrogens with zero attached hydrogens (tertiary/aromatic N) is 2. The van der Waals surface area contributed by atoms with Crippen LogP contribution in [0, 0.1) is 5.92 Å². The van der Waals surface area contributed by atoms with Crippen LogP contribution in [0.4, 0.5) is 0 Å². The van der Waals surface area contributed by atoms with Gasteiger partial charge in [-0.15, -0.1) is 0 Å². The number of benzene rings is 1. The van der Waals surface area contributed by atoms with E-state index in [9.17, 15) is 4.79 Å². The maximum Gasteiger partial charge on any atom is 0.226 e. The second-order valence-electron chi connectivity index (χ2n) is 5.83. The molecule has 1 saturated heterocycles. The Morgan fingerprint density at radius 3 is 2.65 bits per heavy atom. The number of hydrogen-bond acceptors (Lipinski definition) is 3. The highest BCUT2D eigenvalue weighted by atomic mass is 32.2. The molecule has 1 aliphatic heterocycles. The first-order valence-electron chi connectivity index (χ1n) is 8.40. The third kappa shape index (κ3) is 5.21. The van der Waals surface area contributed by atoms with Gasteiger partial charge in [0, 0.05) is 37.8 Å². The van der Waals surface area contributed by atoms with Crippen LogP contribution in [-0.4, -0.2) is 45.4 Å². The summed E-state index contributed by atoms with van der Waals surface area (Å²) >= 11 is 7.14. The van der Waals surface area contributed by atoms with Crippen molar-refractivity contribution in [3.63, 3.8) is 0 Å². The van der Waals surface area contributed by atoms with E-state index in [1.807, 2.05) is 23.1 Å². The fourth-order valence-electron chi connectivity index (χ4n) is 2.88. The van der Waals surface area contributed by atoms with E-state index in [-0.39, 0.29) is 11.8 Å². The molecule has 23 heavy (non-hydrogen) atoms. The van der Waals surface area contributed by atoms with Crippen LogP contribution in [0.25, 0.3) is 0 Å². The molecule has 1 unspecified atom stereocenters. The first-order valence-corrected chi connectivity index (χ1v) is 9.79. The minimum Gasteiger partial charge on any atom is -0.358 e. The Bertz CT molecular complexity index is 517. The molecule has 0 bridgehead atoms. The minimum atomic E-state index is 0.103. The van der Waals surface area contributed by atoms with Gasteiger partial charge in [-0.1, -0.05) is 54.3 Å². The molecule has 0 saturated carbocycles. The molecule has 1 aliphatic rings. The van der Waals surface area contributed by atoms with E-state index in [0.717, 1.165) is 49.1 Å². The lowest BCUT2D eigenvalue weighted by molar-refractivity contribution is -0.138. The average molecular weight is 351 g/mol. The van der Waals surface area contributed by atoms with Crippen LogP contribution >= 0.6 is 24.0 Å². The van der Waals surface area contributed by atoms with Gasteiger partial charge in [-0.2, -0.15) is 0 Å². The summed E-state index contributed by atoms with van der Waals surface area (Å²) in [6.45, 7) is 7.69. The molecule has 0 spiro atoms. The standard InChI is InChI=1S/C18H26N2OS2/c1-3-19(4-2)18(22)23-14-16-11-8-12-20(17(16)21)13-15-9-6-5-7-10-15/h5-7,9-10,16H,3-4,8,11-14H2,1-2H3. The number of likely N-dealkylation sites (tertiary alicyclic amines) is 1. The Kier molecular flexibility index (Phi) is 7.37. The van der Waals surface area contributed by atoms with Gasteiger partial charge < -0.3 is 9.80 Å². The fraction of sp³-hybridized carbons (Fsp3) is 0.556. The highest BCUT2D eigenvalue weighted by Crippen LogP contribution is 2.25. The number of amides is 1. The van der Waals surface area contributed by atoms with Crippen molar-refractivity contribution < 1.29 is 4.79 Å². The highest BCUT2D eigenvalue weighted by Gasteiger charge is 2.29. The molecule has 3 nitrogen and oxygen atoms in total. The quantitative estimate of drug-likeness (QED) is 0.729. The van der Waals surface area contributed by atoms with E-state index in [0.29, 0.717) is 0 Å². The molecule has 1 aromatic carbocycles. The lowest BCUT2D eigenvalue weighted by Crippen LogP contribution is -2.42. The number of thiocarbonyl (C=S) groups is 1. The van der Waals surface area contributed by atoms with Crippen molar-refractivity contribution in [3.05, 3.63) is 35.9 Å². The largest absolute Gasteiger partial charge is 0.358 e. The third-order valence-corrected chi connectivity index (χ3v) is 5.97. The topological polar surface area (TPSA) is 23.6 Å². The summed E-state index contributed by atoms with van der Waals surface area (Å²) in [7, 11) is 0. The van der Waals surface area contributed by atoms with Crippen LogP contribution in [0.1, 0.15) is 32.3 Å². The molecule has 1 heterocycles. The fourth-order valence-corrected chi connectivity index (χ4v) is 4.44. The Labute approximate surface area is 149 Å². The monoisotopic (exact) mass is 350 g/mol. The molecule has 126 valence electrons. The van der Waals surface area contributed by atoms with Crippen molar-refractivity contribution in [2.24, 2.45) is 5.92 Å². The van der Waals surface area contributed by atoms with Crippen molar-refractivity contribution in [1.82, 2.24) is 9.80 Å². The number of thioether (sulfide) groups is 1. The summed E-state index contributed by atoms with van der Waals surface area (Å²) in [4.78, 5) is 16.9. The predicted octanol–water partition coefficient (Wildman–Crippen LogP) is 3.79. The molecule has 1 amide bonds. The molecule has 0 aromatic heterocycles. The van der Waals surface area contributed by atoms with Crippen molar-refractivity contribution in [2.75, 3.05) is 25.4 Å². The summed E-state index contributed by atoms with van der Waals surface area (Å²) in [5.41, 5.74) is 1.20. The van der Waals surface area contributed by atoms with Crippen LogP contribution in [-0.2, 0) is 11.3 Å². The zero-order valence-electron chi connectivity index (χ0n) is 14.0. The Hall–Kier alpha value is -1.07. The first-order chi connectivity index (χ1) is 11.2. The maximum absolute atomic E-state index is 12.7. The van der Waals surface area contributed by atoms with Crippen LogP contribution in [0.15, 0.2) is 30.3 Å². The number of hydrogen-bond donors (Lipinski definition) is 0. The van der Waals surface area contributed by atoms with E-state index >= 15 is 0 Å². The normalized spacial score (nSPS) is 18.1. The molecule has 0 radical (unpaired) electrons. The second kappa shape index (κ2) is 9.28. The van der Waals surface area contributed by atoms with E-state index in [1.54, 1.807) is 11.8 Å². The number of piperidine rings is 1. The van der Waals surface area contributed by atoms with Gasteiger partial charge in [-0.05, 0) is 32.3 Å². The zero-order chi connectivity index (χ0) is 16.7. The number of carbonyl (C=O) groups is 1. The van der Waals surface area contributed by atoms with Gasteiger partial charge in [0.15, 0.2) is 0 Å². The van der Waals surface area contributed by atoms with Gasteiger partial charge >= 0.3 is 0 Å². The van der Waals surface area contributed by atoms with Gasteiger partial charge in [-0.3, -0.25) is 4.79 Å². The van der Waals surface area contributed by atoms with E-state index < -0.39 is 0 Å². The Morgan fingerprint density at radius 1 is 1.30 bits per heavy atom. The molecular formula is C18H26N2OS2. The Balaban J connectivity index is 1.88. The summed E-state index contributed by atoms with van der Waals surface area (Å²) in [6.07, 6.45) is 2.07. The Morgan fingerprint density at radius 2 is 2.00 bits per heavy atom. The van der Waals surface area contributed by atoms with E-state index in [4.69, 9.17) is 12.2 Å². The van der Waals surface area contributed by atoms with Crippen LogP contribution in [0.2, 0.25) is 0 Å². The molecule has 2 rings (SSSR count). The van der Waals surface area contributed by atoms with Crippen molar-refractivity contribution in [3.8, 4) is 0 Å². The lowest BCUT2D eigenvalue weighted by Gasteiger charge is -2.32. The zero-order valence-corrected chi connectivity index (χ0v) is 15.7. The molecule has 1 aromatic rings. The molecular weight excluding hydrogens is 324 g/mol. The number of carbonyl (C=O) groups excluding carboxylic acids is 1. The van der Waals surface area contributed by atoms with Gasteiger partial charge in [0.25, 0.3) is 0 Å². The summed E-state index contributed by atoms with van der Waals surface area (Å²) in [5.74, 6) is 1.19. The minimum absolute atomic E-state index is 0.103. The highest BCUT2D eigenvalue weighted by molar-refractivity contribution is 8.22. The SMILES string of the molecule is CCN(CC)C(=S)SCC1CCCN(Cc2ccccc2)C1=O. The van der Waals surface area contributed by atoms with Crippen molar-refractivity contribution in [2.45, 2.75) is 33.2 Å². The summed E-state index contributed by atoms with van der Waals surface area (Å²) in [5, 5.41) is 0. The summed E-state index contributed by atoms with van der Waals surface area (Å²) in [6, 6.07) is 10.2. The molecule has 1 atom stereocenters. The smallest absolute Gasteiger partial charge is 0.226 e. The second-order valence-corrected chi connectivity index (χ2v) is 7.49. The lowest BCUT2D eigenvalue weighted by atomic mass is 9.98. The molecule has 0 aliphatic carbocycles. The molecule has 1 fully saturated rings. The van der Waals surface area contributed by atoms with E-state index in [2.05, 4.69) is 30.9 Å².